The molecule has 0 spiro atoms. The third-order valence-electron chi connectivity index (χ3n) is 6.31. The van der Waals surface area contributed by atoms with Gasteiger partial charge < -0.3 is 15.5 Å². The number of aliphatic imine (C=N–C) groups is 1. The predicted octanol–water partition coefficient (Wildman–Crippen LogP) is 2.53. The largest absolute Gasteiger partial charge is 0.357 e. The Bertz CT molecular complexity index is 521. The molecule has 0 aromatic heterocycles. The molecule has 2 saturated heterocycles. The van der Waals surface area contributed by atoms with E-state index in [-0.39, 0.29) is 35.4 Å². The van der Waals surface area contributed by atoms with Crippen molar-refractivity contribution in [3.05, 3.63) is 0 Å². The maximum Gasteiger partial charge on any atom is 0.222 e. The highest BCUT2D eigenvalue weighted by molar-refractivity contribution is 14.0. The molecule has 0 radical (unpaired) electrons. The van der Waals surface area contributed by atoms with Crippen LogP contribution in [0.25, 0.3) is 0 Å². The first-order valence-electron chi connectivity index (χ1n) is 10.7. The summed E-state index contributed by atoms with van der Waals surface area (Å²) in [5.41, 5.74) is 0.251. The van der Waals surface area contributed by atoms with E-state index < -0.39 is 0 Å². The number of guanidine groups is 1. The van der Waals surface area contributed by atoms with Crippen molar-refractivity contribution in [3.63, 3.8) is 0 Å². The molecule has 2 aliphatic heterocycles. The molecule has 8 heteroatoms. The van der Waals surface area contributed by atoms with E-state index in [0.717, 1.165) is 32.0 Å². The Hall–Kier alpha value is -0.220. The minimum Gasteiger partial charge on any atom is -0.357 e. The van der Waals surface area contributed by atoms with Crippen LogP contribution in [-0.4, -0.2) is 84.5 Å². The number of likely N-dealkylation sites (N-methyl/N-ethyl adjacent to an activating group) is 1. The Kier molecular flexibility index (Phi) is 10.2. The molecule has 2 N–H and O–H groups in total. The van der Waals surface area contributed by atoms with Crippen LogP contribution < -0.4 is 10.6 Å². The highest BCUT2D eigenvalue weighted by Crippen LogP contribution is 2.35. The highest BCUT2D eigenvalue weighted by Gasteiger charge is 2.38. The summed E-state index contributed by atoms with van der Waals surface area (Å²) in [6.45, 7) is 7.04. The zero-order chi connectivity index (χ0) is 19.1. The SMILES string of the molecule is CCNC(=NCC1(N2CCSCC2)CCCCC1)NC1CCC(=O)N(C)C1.I. The maximum atomic E-state index is 11.7. The van der Waals surface area contributed by atoms with Gasteiger partial charge in [0.1, 0.15) is 0 Å². The number of nitrogens with zero attached hydrogens (tertiary/aromatic N) is 3. The summed E-state index contributed by atoms with van der Waals surface area (Å²) in [7, 11) is 1.89. The smallest absolute Gasteiger partial charge is 0.222 e. The summed E-state index contributed by atoms with van der Waals surface area (Å²) >= 11 is 2.08. The molecule has 1 amide bonds. The molecule has 0 aromatic carbocycles. The lowest BCUT2D eigenvalue weighted by atomic mass is 9.80. The van der Waals surface area contributed by atoms with Gasteiger partial charge in [0.05, 0.1) is 6.54 Å². The number of amides is 1. The standard InChI is InChI=1S/C20H37N5OS.HI/c1-3-21-19(23-17-7-8-18(26)24(2)15-17)22-16-20(9-5-4-6-10-20)25-11-13-27-14-12-25;/h17H,3-16H2,1-2H3,(H2,21,22,23);1H. The summed E-state index contributed by atoms with van der Waals surface area (Å²) in [5, 5.41) is 7.02. The molecule has 1 aliphatic carbocycles. The Morgan fingerprint density at radius 3 is 2.61 bits per heavy atom. The Morgan fingerprint density at radius 1 is 1.25 bits per heavy atom. The van der Waals surface area contributed by atoms with Crippen molar-refractivity contribution in [2.45, 2.75) is 63.5 Å². The van der Waals surface area contributed by atoms with Crippen molar-refractivity contribution in [2.24, 2.45) is 4.99 Å². The molecule has 3 aliphatic rings. The van der Waals surface area contributed by atoms with E-state index in [1.165, 1.54) is 56.7 Å². The van der Waals surface area contributed by atoms with Crippen molar-refractivity contribution in [1.82, 2.24) is 20.4 Å². The number of hydrogen-bond donors (Lipinski definition) is 2. The molecule has 28 heavy (non-hydrogen) atoms. The second-order valence-corrected chi connectivity index (χ2v) is 9.46. The monoisotopic (exact) mass is 523 g/mol. The first-order chi connectivity index (χ1) is 13.1. The molecule has 0 aromatic rings. The summed E-state index contributed by atoms with van der Waals surface area (Å²) in [6, 6.07) is 0.291. The number of halogens is 1. The summed E-state index contributed by atoms with van der Waals surface area (Å²) in [4.78, 5) is 21.4. The number of carbonyl (C=O) groups excluding carboxylic acids is 1. The van der Waals surface area contributed by atoms with Gasteiger partial charge in [-0.05, 0) is 26.2 Å². The predicted molar refractivity (Wildman–Crippen MR) is 130 cm³/mol. The van der Waals surface area contributed by atoms with E-state index >= 15 is 0 Å². The number of nitrogens with one attached hydrogen (secondary N) is 2. The minimum absolute atomic E-state index is 0. The molecule has 1 atom stereocenters. The third kappa shape index (κ3) is 6.39. The van der Waals surface area contributed by atoms with Gasteiger partial charge in [0.25, 0.3) is 0 Å². The summed E-state index contributed by atoms with van der Waals surface area (Å²) in [6.07, 6.45) is 8.11. The molecular weight excluding hydrogens is 485 g/mol. The number of piperidine rings is 1. The van der Waals surface area contributed by atoms with E-state index in [0.29, 0.717) is 12.5 Å². The van der Waals surface area contributed by atoms with Crippen molar-refractivity contribution in [2.75, 3.05) is 51.3 Å². The molecule has 0 bridgehead atoms. The van der Waals surface area contributed by atoms with Gasteiger partial charge in [-0.2, -0.15) is 11.8 Å². The molecule has 6 nitrogen and oxygen atoms in total. The summed E-state index contributed by atoms with van der Waals surface area (Å²) < 4.78 is 0. The zero-order valence-electron chi connectivity index (χ0n) is 17.5. The second-order valence-electron chi connectivity index (χ2n) is 8.23. The average molecular weight is 524 g/mol. The number of hydrogen-bond acceptors (Lipinski definition) is 4. The lowest BCUT2D eigenvalue weighted by Crippen LogP contribution is -2.56. The molecule has 162 valence electrons. The van der Waals surface area contributed by atoms with Gasteiger partial charge in [0.15, 0.2) is 5.96 Å². The zero-order valence-corrected chi connectivity index (χ0v) is 20.7. The molecule has 1 unspecified atom stereocenters. The lowest BCUT2D eigenvalue weighted by Gasteiger charge is -2.47. The fourth-order valence-corrected chi connectivity index (χ4v) is 5.59. The number of likely N-dealkylation sites (tertiary alicyclic amines) is 1. The van der Waals surface area contributed by atoms with Gasteiger partial charge in [-0.15, -0.1) is 24.0 Å². The number of carbonyl (C=O) groups is 1. The van der Waals surface area contributed by atoms with Gasteiger partial charge in [-0.1, -0.05) is 19.3 Å². The molecule has 3 fully saturated rings. The first-order valence-corrected chi connectivity index (χ1v) is 11.9. The van der Waals surface area contributed by atoms with Crippen LogP contribution in [0, 0.1) is 0 Å². The van der Waals surface area contributed by atoms with E-state index in [4.69, 9.17) is 4.99 Å². The molecule has 2 heterocycles. The van der Waals surface area contributed by atoms with Crippen molar-refractivity contribution in [1.29, 1.82) is 0 Å². The quantitative estimate of drug-likeness (QED) is 0.330. The van der Waals surface area contributed by atoms with E-state index in [1.807, 2.05) is 11.9 Å². The van der Waals surface area contributed by atoms with Gasteiger partial charge in [0, 0.05) is 62.7 Å². The first kappa shape index (κ1) is 24.1. The van der Waals surface area contributed by atoms with E-state index in [1.54, 1.807) is 0 Å². The minimum atomic E-state index is 0. The van der Waals surface area contributed by atoms with Crippen molar-refractivity contribution < 1.29 is 4.79 Å². The normalized spacial score (nSPS) is 26.5. The van der Waals surface area contributed by atoms with Gasteiger partial charge in [-0.25, -0.2) is 0 Å². The molecule has 3 rings (SSSR count). The van der Waals surface area contributed by atoms with Crippen LogP contribution in [0.1, 0.15) is 51.9 Å². The van der Waals surface area contributed by atoms with E-state index in [2.05, 4.69) is 34.2 Å². The van der Waals surface area contributed by atoms with Gasteiger partial charge >= 0.3 is 0 Å². The van der Waals surface area contributed by atoms with Crippen LogP contribution >= 0.6 is 35.7 Å². The van der Waals surface area contributed by atoms with Crippen LogP contribution in [-0.2, 0) is 4.79 Å². The van der Waals surface area contributed by atoms with Gasteiger partial charge in [-0.3, -0.25) is 14.7 Å². The highest BCUT2D eigenvalue weighted by atomic mass is 127. The Balaban J connectivity index is 0.00000280. The van der Waals surface area contributed by atoms with Crippen molar-refractivity contribution >= 4 is 47.6 Å². The fraction of sp³-hybridized carbons (Fsp3) is 0.900. The second kappa shape index (κ2) is 11.8. The van der Waals surface area contributed by atoms with Crippen molar-refractivity contribution in [3.8, 4) is 0 Å². The van der Waals surface area contributed by atoms with Crippen LogP contribution in [0.4, 0.5) is 0 Å². The van der Waals surface area contributed by atoms with Gasteiger partial charge in [0.2, 0.25) is 5.91 Å². The van der Waals surface area contributed by atoms with Crippen LogP contribution in [0.5, 0.6) is 0 Å². The lowest BCUT2D eigenvalue weighted by molar-refractivity contribution is -0.132. The van der Waals surface area contributed by atoms with E-state index in [9.17, 15) is 4.79 Å². The van der Waals surface area contributed by atoms with Crippen LogP contribution in [0.2, 0.25) is 0 Å². The third-order valence-corrected chi connectivity index (χ3v) is 7.25. The Morgan fingerprint density at radius 2 is 1.96 bits per heavy atom. The maximum absolute atomic E-state index is 11.7. The van der Waals surface area contributed by atoms with Crippen LogP contribution in [0.3, 0.4) is 0 Å². The van der Waals surface area contributed by atoms with Crippen LogP contribution in [0.15, 0.2) is 4.99 Å². The molecular formula is C20H38IN5OS. The number of thioether (sulfide) groups is 1. The molecule has 1 saturated carbocycles. The average Bonchev–Trinajstić information content (AvgIpc) is 2.70. The number of rotatable bonds is 5. The summed E-state index contributed by atoms with van der Waals surface area (Å²) in [5.74, 6) is 3.68. The Labute approximate surface area is 192 Å². The topological polar surface area (TPSA) is 60.0 Å². The fourth-order valence-electron chi connectivity index (χ4n) is 4.69.